The lowest BCUT2D eigenvalue weighted by molar-refractivity contribution is -0.120. The maximum atomic E-state index is 11.5. The van der Waals surface area contributed by atoms with Crippen LogP contribution in [0.4, 0.5) is 4.79 Å². The minimum atomic E-state index is -0.432. The van der Waals surface area contributed by atoms with E-state index in [0.717, 1.165) is 38.4 Å². The molecule has 0 spiro atoms. The number of urea groups is 1. The number of piperidine rings is 1. The molecule has 0 unspecified atom stereocenters. The molecule has 1 saturated carbocycles. The van der Waals surface area contributed by atoms with Gasteiger partial charge in [-0.2, -0.15) is 0 Å². The molecule has 0 radical (unpaired) electrons. The lowest BCUT2D eigenvalue weighted by atomic mass is 10.0. The van der Waals surface area contributed by atoms with Crippen LogP contribution in [-0.2, 0) is 4.79 Å². The molecule has 2 aliphatic rings. The molecule has 0 aromatic heterocycles. The molecule has 1 heterocycles. The molecule has 0 aromatic carbocycles. The molecule has 122 valence electrons. The second-order valence-corrected chi connectivity index (χ2v) is 5.84. The third kappa shape index (κ3) is 7.11. The van der Waals surface area contributed by atoms with Crippen LogP contribution in [0.15, 0.2) is 0 Å². The van der Waals surface area contributed by atoms with E-state index in [1.54, 1.807) is 0 Å². The Bertz CT molecular complexity index is 342. The van der Waals surface area contributed by atoms with Gasteiger partial charge in [0.25, 0.3) is 0 Å². The first-order valence-electron chi connectivity index (χ1n) is 7.64. The Labute approximate surface area is 132 Å². The van der Waals surface area contributed by atoms with Gasteiger partial charge in [-0.05, 0) is 51.2 Å². The summed E-state index contributed by atoms with van der Waals surface area (Å²) in [7, 11) is 1.50. The predicted octanol–water partition coefficient (Wildman–Crippen LogP) is 0.718. The zero-order chi connectivity index (χ0) is 14.4. The number of nitrogens with one attached hydrogen (secondary N) is 3. The second-order valence-electron chi connectivity index (χ2n) is 5.84. The molecular weight excluding hydrogens is 292 g/mol. The normalized spacial score (nSPS) is 19.7. The van der Waals surface area contributed by atoms with E-state index < -0.39 is 6.03 Å². The number of imide groups is 1. The summed E-state index contributed by atoms with van der Waals surface area (Å²) in [6, 6.07) is 0.213. The molecule has 0 bridgehead atoms. The summed E-state index contributed by atoms with van der Waals surface area (Å²) in [5.74, 6) is 0.722. The number of likely N-dealkylation sites (tertiary alicyclic amines) is 1. The molecule has 1 aliphatic heterocycles. The monoisotopic (exact) mass is 318 g/mol. The fraction of sp³-hybridized carbons (Fsp3) is 0.857. The molecule has 21 heavy (non-hydrogen) atoms. The van der Waals surface area contributed by atoms with Crippen molar-refractivity contribution < 1.29 is 9.59 Å². The fourth-order valence-corrected chi connectivity index (χ4v) is 2.53. The van der Waals surface area contributed by atoms with Gasteiger partial charge in [-0.3, -0.25) is 10.1 Å². The van der Waals surface area contributed by atoms with Crippen molar-refractivity contribution in [2.75, 3.05) is 33.2 Å². The minimum Gasteiger partial charge on any atom is -0.341 e. The number of halogens is 1. The molecular formula is C14H27ClN4O2. The molecule has 0 atom stereocenters. The van der Waals surface area contributed by atoms with Gasteiger partial charge >= 0.3 is 6.03 Å². The van der Waals surface area contributed by atoms with E-state index in [4.69, 9.17) is 0 Å². The average molecular weight is 319 g/mol. The summed E-state index contributed by atoms with van der Waals surface area (Å²) in [6.07, 6.45) is 5.49. The highest BCUT2D eigenvalue weighted by Crippen LogP contribution is 2.28. The van der Waals surface area contributed by atoms with Gasteiger partial charge in [0.15, 0.2) is 0 Å². The molecule has 3 amide bonds. The Morgan fingerprint density at radius 1 is 1.14 bits per heavy atom. The zero-order valence-electron chi connectivity index (χ0n) is 12.7. The first-order chi connectivity index (χ1) is 9.67. The van der Waals surface area contributed by atoms with Crippen molar-refractivity contribution in [2.45, 2.75) is 38.1 Å². The maximum absolute atomic E-state index is 11.5. The molecule has 7 heteroatoms. The Hall–Kier alpha value is -0.850. The van der Waals surface area contributed by atoms with E-state index in [1.165, 1.54) is 26.4 Å². The Balaban J connectivity index is 0.00000220. The van der Waals surface area contributed by atoms with Crippen LogP contribution in [-0.4, -0.2) is 56.1 Å². The quantitative estimate of drug-likeness (QED) is 0.674. The number of hydrogen-bond donors (Lipinski definition) is 3. The molecule has 2 rings (SSSR count). The van der Waals surface area contributed by atoms with E-state index in [-0.39, 0.29) is 18.3 Å². The van der Waals surface area contributed by atoms with Crippen molar-refractivity contribution in [3.8, 4) is 0 Å². The highest BCUT2D eigenvalue weighted by molar-refractivity contribution is 5.94. The first kappa shape index (κ1) is 18.2. The van der Waals surface area contributed by atoms with E-state index in [1.807, 2.05) is 0 Å². The Morgan fingerprint density at radius 2 is 1.81 bits per heavy atom. The summed E-state index contributed by atoms with van der Waals surface area (Å²) in [4.78, 5) is 24.8. The van der Waals surface area contributed by atoms with E-state index in [0.29, 0.717) is 12.5 Å². The summed E-state index contributed by atoms with van der Waals surface area (Å²) in [6.45, 7) is 3.99. The van der Waals surface area contributed by atoms with Gasteiger partial charge < -0.3 is 15.5 Å². The minimum absolute atomic E-state index is 0. The molecule has 1 aliphatic carbocycles. The molecule has 0 aromatic rings. The maximum Gasteiger partial charge on any atom is 0.321 e. The topological polar surface area (TPSA) is 73.5 Å². The van der Waals surface area contributed by atoms with Crippen LogP contribution >= 0.6 is 12.4 Å². The number of carbonyl (C=O) groups excluding carboxylic acids is 2. The van der Waals surface area contributed by atoms with Gasteiger partial charge in [-0.1, -0.05) is 0 Å². The third-order valence-electron chi connectivity index (χ3n) is 4.11. The van der Waals surface area contributed by atoms with Crippen molar-refractivity contribution in [1.82, 2.24) is 20.9 Å². The number of hydrogen-bond acceptors (Lipinski definition) is 4. The van der Waals surface area contributed by atoms with Crippen LogP contribution < -0.4 is 16.0 Å². The summed E-state index contributed by atoms with van der Waals surface area (Å²) < 4.78 is 0. The van der Waals surface area contributed by atoms with Gasteiger partial charge in [0.1, 0.15) is 0 Å². The number of nitrogens with zero attached hydrogens (tertiary/aromatic N) is 1. The van der Waals surface area contributed by atoms with Crippen molar-refractivity contribution in [3.05, 3.63) is 0 Å². The standard InChI is InChI=1S/C14H26N4O2.ClH/c1-15-14(20)17-13(19)6-9-18-7-4-12(5-8-18)16-10-11-2-3-11;/h11-12,16H,2-10H2,1H3,(H2,15,17,19,20);1H. The van der Waals surface area contributed by atoms with E-state index in [9.17, 15) is 9.59 Å². The van der Waals surface area contributed by atoms with Crippen LogP contribution in [0.5, 0.6) is 0 Å². The molecule has 3 N–H and O–H groups in total. The lowest BCUT2D eigenvalue weighted by Crippen LogP contribution is -2.44. The number of amides is 3. The molecule has 1 saturated heterocycles. The lowest BCUT2D eigenvalue weighted by Gasteiger charge is -2.32. The highest BCUT2D eigenvalue weighted by Gasteiger charge is 2.24. The summed E-state index contributed by atoms with van der Waals surface area (Å²) in [5.41, 5.74) is 0. The van der Waals surface area contributed by atoms with Crippen LogP contribution in [0.1, 0.15) is 32.1 Å². The van der Waals surface area contributed by atoms with E-state index in [2.05, 4.69) is 20.9 Å². The van der Waals surface area contributed by atoms with Gasteiger partial charge in [0.2, 0.25) is 5.91 Å². The summed E-state index contributed by atoms with van der Waals surface area (Å²) >= 11 is 0. The van der Waals surface area contributed by atoms with E-state index >= 15 is 0 Å². The van der Waals surface area contributed by atoms with Gasteiger partial charge in [0.05, 0.1) is 0 Å². The predicted molar refractivity (Wildman–Crippen MR) is 84.7 cm³/mol. The highest BCUT2D eigenvalue weighted by atomic mass is 35.5. The van der Waals surface area contributed by atoms with Crippen molar-refractivity contribution in [1.29, 1.82) is 0 Å². The van der Waals surface area contributed by atoms with Crippen LogP contribution in [0.25, 0.3) is 0 Å². The number of rotatable bonds is 6. The van der Waals surface area contributed by atoms with Gasteiger partial charge in [-0.25, -0.2) is 4.79 Å². The van der Waals surface area contributed by atoms with Gasteiger partial charge in [-0.15, -0.1) is 12.4 Å². The Kier molecular flexibility index (Phi) is 8.00. The largest absolute Gasteiger partial charge is 0.341 e. The third-order valence-corrected chi connectivity index (χ3v) is 4.11. The van der Waals surface area contributed by atoms with Crippen molar-refractivity contribution in [3.63, 3.8) is 0 Å². The van der Waals surface area contributed by atoms with Crippen LogP contribution in [0.3, 0.4) is 0 Å². The second kappa shape index (κ2) is 9.23. The fourth-order valence-electron chi connectivity index (χ4n) is 2.53. The van der Waals surface area contributed by atoms with Crippen LogP contribution in [0.2, 0.25) is 0 Å². The molecule has 6 nitrogen and oxygen atoms in total. The van der Waals surface area contributed by atoms with Gasteiger partial charge in [0, 0.05) is 26.1 Å². The zero-order valence-corrected chi connectivity index (χ0v) is 13.5. The molecule has 2 fully saturated rings. The van der Waals surface area contributed by atoms with Crippen molar-refractivity contribution in [2.24, 2.45) is 5.92 Å². The number of carbonyl (C=O) groups is 2. The Morgan fingerprint density at radius 3 is 2.38 bits per heavy atom. The first-order valence-corrected chi connectivity index (χ1v) is 7.64. The smallest absolute Gasteiger partial charge is 0.321 e. The van der Waals surface area contributed by atoms with Crippen LogP contribution in [0, 0.1) is 5.92 Å². The SMILES string of the molecule is CNC(=O)NC(=O)CCN1CCC(NCC2CC2)CC1.Cl. The van der Waals surface area contributed by atoms with Crippen molar-refractivity contribution >= 4 is 24.3 Å². The average Bonchev–Trinajstić information content (AvgIpc) is 3.28. The summed E-state index contributed by atoms with van der Waals surface area (Å²) in [5, 5.41) is 8.31.